The van der Waals surface area contributed by atoms with Gasteiger partial charge in [-0.05, 0) is 42.5 Å². The van der Waals surface area contributed by atoms with E-state index in [9.17, 15) is 27.6 Å². The molecule has 26 heavy (non-hydrogen) atoms. The molecule has 1 aromatic carbocycles. The number of carbonyl (C=O) groups excluding carboxylic acids is 3. The first-order chi connectivity index (χ1) is 12.2. The van der Waals surface area contributed by atoms with Gasteiger partial charge in [0.25, 0.3) is 5.91 Å². The molecule has 0 saturated carbocycles. The molecular formula is C16H17F3N2O4S. The molecule has 0 aliphatic heterocycles. The van der Waals surface area contributed by atoms with E-state index in [2.05, 4.69) is 0 Å². The summed E-state index contributed by atoms with van der Waals surface area (Å²) in [5.74, 6) is -1.70. The van der Waals surface area contributed by atoms with E-state index in [1.807, 2.05) is 18.2 Å². The predicted octanol–water partition coefficient (Wildman–Crippen LogP) is 2.20. The number of esters is 1. The number of imide groups is 1. The van der Waals surface area contributed by atoms with Gasteiger partial charge in [0.15, 0.2) is 6.61 Å². The maximum atomic E-state index is 11.9. The number of benzene rings is 1. The summed E-state index contributed by atoms with van der Waals surface area (Å²) >= 11 is 1.26. The molecule has 0 atom stereocenters. The van der Waals surface area contributed by atoms with Crippen LogP contribution in [0.4, 0.5) is 18.0 Å². The number of fused-ring (bicyclic) bond motifs is 1. The number of hydrogen-bond acceptors (Lipinski definition) is 5. The Morgan fingerprint density at radius 1 is 1.15 bits per heavy atom. The van der Waals surface area contributed by atoms with Crippen LogP contribution in [-0.4, -0.2) is 43.0 Å². The van der Waals surface area contributed by atoms with Crippen LogP contribution in [0.1, 0.15) is 17.5 Å². The molecule has 2 N–H and O–H groups in total. The number of hydrogen-bond donors (Lipinski definition) is 2. The average molecular weight is 390 g/mol. The van der Waals surface area contributed by atoms with Gasteiger partial charge >= 0.3 is 18.2 Å². The highest BCUT2D eigenvalue weighted by molar-refractivity contribution is 8.00. The van der Waals surface area contributed by atoms with E-state index in [0.717, 1.165) is 24.2 Å². The predicted molar refractivity (Wildman–Crippen MR) is 87.7 cm³/mol. The van der Waals surface area contributed by atoms with Crippen LogP contribution in [0.25, 0.3) is 0 Å². The Balaban J connectivity index is 1.65. The normalized spacial score (nSPS) is 13.0. The molecule has 6 nitrogen and oxygen atoms in total. The smallest absolute Gasteiger partial charge is 0.405 e. The Morgan fingerprint density at radius 2 is 1.88 bits per heavy atom. The fourth-order valence-corrected chi connectivity index (χ4v) is 3.11. The zero-order valence-electron chi connectivity index (χ0n) is 13.6. The third-order valence-electron chi connectivity index (χ3n) is 3.49. The topological polar surface area (TPSA) is 84.5 Å². The molecule has 0 heterocycles. The molecule has 10 heteroatoms. The number of amides is 3. The van der Waals surface area contributed by atoms with Crippen LogP contribution in [0.2, 0.25) is 0 Å². The van der Waals surface area contributed by atoms with Crippen LogP contribution in [0.15, 0.2) is 23.1 Å². The van der Waals surface area contributed by atoms with E-state index in [1.54, 1.807) is 5.32 Å². The van der Waals surface area contributed by atoms with E-state index in [-0.39, 0.29) is 5.75 Å². The Hall–Kier alpha value is -2.23. The van der Waals surface area contributed by atoms with Crippen LogP contribution in [0, 0.1) is 0 Å². The van der Waals surface area contributed by atoms with Gasteiger partial charge in [-0.15, -0.1) is 11.8 Å². The molecule has 3 amide bonds. The van der Waals surface area contributed by atoms with Gasteiger partial charge in [-0.25, -0.2) is 4.79 Å². The molecule has 0 radical (unpaired) electrons. The van der Waals surface area contributed by atoms with Gasteiger partial charge in [0.05, 0.1) is 5.75 Å². The van der Waals surface area contributed by atoms with Gasteiger partial charge in [0.1, 0.15) is 6.54 Å². The molecule has 0 spiro atoms. The fraction of sp³-hybridized carbons (Fsp3) is 0.438. The van der Waals surface area contributed by atoms with Crippen molar-refractivity contribution in [3.05, 3.63) is 29.3 Å². The minimum Gasteiger partial charge on any atom is -0.455 e. The average Bonchev–Trinajstić information content (AvgIpc) is 3.03. The lowest BCUT2D eigenvalue weighted by Gasteiger charge is -2.09. The molecular weight excluding hydrogens is 373 g/mol. The number of carbonyl (C=O) groups is 3. The van der Waals surface area contributed by atoms with E-state index in [4.69, 9.17) is 4.74 Å². The summed E-state index contributed by atoms with van der Waals surface area (Å²) in [6.07, 6.45) is -1.38. The Morgan fingerprint density at radius 3 is 2.62 bits per heavy atom. The SMILES string of the molecule is O=C(COC(=O)CSc1ccc2c(c1)CCC2)NC(=O)NCC(F)(F)F. The van der Waals surface area contributed by atoms with Gasteiger partial charge in [-0.1, -0.05) is 6.07 Å². The minimum absolute atomic E-state index is 0.0215. The number of rotatable bonds is 6. The molecule has 0 aromatic heterocycles. The summed E-state index contributed by atoms with van der Waals surface area (Å²) in [6, 6.07) is 4.66. The number of aryl methyl sites for hydroxylation is 2. The molecule has 1 aliphatic rings. The number of ether oxygens (including phenoxy) is 1. The second-order valence-electron chi connectivity index (χ2n) is 5.58. The van der Waals surface area contributed by atoms with Crippen molar-refractivity contribution in [1.29, 1.82) is 0 Å². The Bertz CT molecular complexity index is 695. The summed E-state index contributed by atoms with van der Waals surface area (Å²) < 4.78 is 40.4. The number of thioether (sulfide) groups is 1. The Kier molecular flexibility index (Phi) is 6.90. The van der Waals surface area contributed by atoms with Crippen LogP contribution in [-0.2, 0) is 27.2 Å². The van der Waals surface area contributed by atoms with Gasteiger partial charge in [0.2, 0.25) is 0 Å². The highest BCUT2D eigenvalue weighted by Gasteiger charge is 2.28. The van der Waals surface area contributed by atoms with Crippen molar-refractivity contribution in [3.8, 4) is 0 Å². The minimum atomic E-state index is -4.58. The molecule has 0 fully saturated rings. The monoisotopic (exact) mass is 390 g/mol. The molecule has 0 saturated heterocycles. The van der Waals surface area contributed by atoms with Crippen LogP contribution < -0.4 is 10.6 Å². The van der Waals surface area contributed by atoms with Gasteiger partial charge < -0.3 is 10.1 Å². The van der Waals surface area contributed by atoms with E-state index in [0.29, 0.717) is 0 Å². The summed E-state index contributed by atoms with van der Waals surface area (Å²) in [4.78, 5) is 34.9. The standard InChI is InChI=1S/C16H17F3N2O4S/c17-16(18,19)9-20-15(24)21-13(22)7-25-14(23)8-26-12-5-4-10-2-1-3-11(10)6-12/h4-6H,1-3,7-9H2,(H2,20,21,22,24). The van der Waals surface area contributed by atoms with Crippen LogP contribution in [0.3, 0.4) is 0 Å². The van der Waals surface area contributed by atoms with E-state index < -0.39 is 37.2 Å². The number of alkyl halides is 3. The molecule has 0 bridgehead atoms. The second kappa shape index (κ2) is 8.93. The van der Waals surface area contributed by atoms with Crippen molar-refractivity contribution in [1.82, 2.24) is 10.6 Å². The second-order valence-corrected chi connectivity index (χ2v) is 6.63. The lowest BCUT2D eigenvalue weighted by molar-refractivity contribution is -0.145. The summed E-state index contributed by atoms with van der Waals surface area (Å²) in [5.41, 5.74) is 2.59. The highest BCUT2D eigenvalue weighted by Crippen LogP contribution is 2.27. The van der Waals surface area contributed by atoms with Crippen molar-refractivity contribution in [3.63, 3.8) is 0 Å². The number of nitrogens with one attached hydrogen (secondary N) is 2. The lowest BCUT2D eigenvalue weighted by Crippen LogP contribution is -2.44. The molecule has 1 aromatic rings. The maximum Gasteiger partial charge on any atom is 0.405 e. The quantitative estimate of drug-likeness (QED) is 0.575. The third-order valence-corrected chi connectivity index (χ3v) is 4.46. The Labute approximate surface area is 151 Å². The van der Waals surface area contributed by atoms with Crippen molar-refractivity contribution in [2.75, 3.05) is 18.9 Å². The molecule has 142 valence electrons. The third kappa shape index (κ3) is 6.95. The van der Waals surface area contributed by atoms with Gasteiger partial charge in [-0.2, -0.15) is 13.2 Å². The largest absolute Gasteiger partial charge is 0.455 e. The van der Waals surface area contributed by atoms with Crippen LogP contribution in [0.5, 0.6) is 0 Å². The number of urea groups is 1. The molecule has 2 rings (SSSR count). The fourth-order valence-electron chi connectivity index (χ4n) is 2.36. The summed E-state index contributed by atoms with van der Waals surface area (Å²) in [5, 5.41) is 3.10. The first-order valence-corrected chi connectivity index (χ1v) is 8.76. The van der Waals surface area contributed by atoms with E-state index >= 15 is 0 Å². The van der Waals surface area contributed by atoms with Crippen molar-refractivity contribution < 1.29 is 32.3 Å². The van der Waals surface area contributed by atoms with E-state index in [1.165, 1.54) is 28.2 Å². The zero-order valence-corrected chi connectivity index (χ0v) is 14.5. The molecule has 1 aliphatic carbocycles. The van der Waals surface area contributed by atoms with Crippen LogP contribution >= 0.6 is 11.8 Å². The van der Waals surface area contributed by atoms with Gasteiger partial charge in [-0.3, -0.25) is 14.9 Å². The maximum absolute atomic E-state index is 11.9. The van der Waals surface area contributed by atoms with Crippen molar-refractivity contribution in [2.24, 2.45) is 0 Å². The summed E-state index contributed by atoms with van der Waals surface area (Å²) in [7, 11) is 0. The first-order valence-electron chi connectivity index (χ1n) is 7.77. The number of halogens is 3. The first kappa shape index (κ1) is 20.1. The zero-order chi connectivity index (χ0) is 19.2. The molecule has 0 unspecified atom stereocenters. The van der Waals surface area contributed by atoms with Crippen molar-refractivity contribution in [2.45, 2.75) is 30.3 Å². The summed E-state index contributed by atoms with van der Waals surface area (Å²) in [6.45, 7) is -2.31. The van der Waals surface area contributed by atoms with Crippen molar-refractivity contribution >= 4 is 29.7 Å². The highest BCUT2D eigenvalue weighted by atomic mass is 32.2. The lowest BCUT2D eigenvalue weighted by atomic mass is 10.1. The van der Waals surface area contributed by atoms with Gasteiger partial charge in [0, 0.05) is 4.90 Å².